The Morgan fingerprint density at radius 1 is 1.47 bits per heavy atom. The van der Waals surface area contributed by atoms with Crippen molar-refractivity contribution in [1.29, 1.82) is 0 Å². The van der Waals surface area contributed by atoms with Gasteiger partial charge in [0.1, 0.15) is 5.51 Å². The number of urea groups is 1. The Balaban J connectivity index is 1.54. The Kier molecular flexibility index (Phi) is 3.41. The molecule has 0 spiro atoms. The number of hydrogen-bond donors (Lipinski definition) is 2. The molecule has 2 N–H and O–H groups in total. The second kappa shape index (κ2) is 5.35. The smallest absolute Gasteiger partial charge is 0.323 e. The second-order valence-electron chi connectivity index (χ2n) is 4.44. The van der Waals surface area contributed by atoms with Gasteiger partial charge < -0.3 is 9.88 Å². The number of H-pyrrole nitrogens is 1. The number of rotatable bonds is 2. The summed E-state index contributed by atoms with van der Waals surface area (Å²) in [5, 5.41) is 10.8. The van der Waals surface area contributed by atoms with E-state index in [0.717, 1.165) is 31.6 Å². The molecule has 2 amide bonds. The molecule has 0 aromatic carbocycles. The van der Waals surface area contributed by atoms with Crippen molar-refractivity contribution in [2.24, 2.45) is 0 Å². The molecule has 1 fully saturated rings. The van der Waals surface area contributed by atoms with Gasteiger partial charge >= 0.3 is 6.03 Å². The van der Waals surface area contributed by atoms with Crippen LogP contribution in [0.25, 0.3) is 0 Å². The Morgan fingerprint density at radius 2 is 2.32 bits per heavy atom. The van der Waals surface area contributed by atoms with Gasteiger partial charge in [-0.15, -0.1) is 10.2 Å². The van der Waals surface area contributed by atoms with E-state index < -0.39 is 0 Å². The van der Waals surface area contributed by atoms with E-state index in [9.17, 15) is 4.79 Å². The lowest BCUT2D eigenvalue weighted by Crippen LogP contribution is -2.40. The number of piperidine rings is 1. The largest absolute Gasteiger partial charge is 0.348 e. The van der Waals surface area contributed by atoms with Crippen LogP contribution in [0.4, 0.5) is 9.93 Å². The number of hydrogen-bond acceptors (Lipinski definition) is 5. The summed E-state index contributed by atoms with van der Waals surface area (Å²) in [5.41, 5.74) is 2.75. The van der Waals surface area contributed by atoms with Gasteiger partial charge in [-0.05, 0) is 12.8 Å². The van der Waals surface area contributed by atoms with E-state index in [-0.39, 0.29) is 6.03 Å². The summed E-state index contributed by atoms with van der Waals surface area (Å²) >= 11 is 1.32. The fraction of sp³-hybridized carbons (Fsp3) is 0.455. The molecule has 0 saturated carbocycles. The zero-order valence-corrected chi connectivity index (χ0v) is 11.1. The van der Waals surface area contributed by atoms with Crippen LogP contribution in [0, 0.1) is 0 Å². The predicted octanol–water partition coefficient (Wildman–Crippen LogP) is 1.67. The maximum atomic E-state index is 12.0. The normalized spacial score (nSPS) is 16.5. The molecule has 1 aliphatic heterocycles. The van der Waals surface area contributed by atoms with E-state index in [1.807, 2.05) is 11.1 Å². The van der Waals surface area contributed by atoms with Crippen molar-refractivity contribution >= 4 is 22.5 Å². The first-order valence-electron chi connectivity index (χ1n) is 6.13. The second-order valence-corrected chi connectivity index (χ2v) is 5.28. The van der Waals surface area contributed by atoms with E-state index in [2.05, 4.69) is 25.5 Å². The lowest BCUT2D eigenvalue weighted by molar-refractivity contribution is 0.194. The van der Waals surface area contributed by atoms with Crippen LogP contribution in [0.5, 0.6) is 0 Å². The Bertz CT molecular complexity index is 517. The lowest BCUT2D eigenvalue weighted by Gasteiger charge is -2.31. The van der Waals surface area contributed by atoms with Gasteiger partial charge in [0.2, 0.25) is 5.13 Å². The topological polar surface area (TPSA) is 86.8 Å². The van der Waals surface area contributed by atoms with Crippen LogP contribution in [0.1, 0.15) is 24.5 Å². The Hall–Kier alpha value is -1.96. The van der Waals surface area contributed by atoms with Crippen molar-refractivity contribution in [2.75, 3.05) is 18.4 Å². The van der Waals surface area contributed by atoms with Gasteiger partial charge in [-0.25, -0.2) is 9.78 Å². The predicted molar refractivity (Wildman–Crippen MR) is 71.1 cm³/mol. The van der Waals surface area contributed by atoms with Crippen molar-refractivity contribution in [2.45, 2.75) is 18.8 Å². The van der Waals surface area contributed by atoms with Crippen molar-refractivity contribution in [1.82, 2.24) is 25.1 Å². The third-order valence-corrected chi connectivity index (χ3v) is 3.92. The van der Waals surface area contributed by atoms with Crippen LogP contribution in [0.15, 0.2) is 18.0 Å². The summed E-state index contributed by atoms with van der Waals surface area (Å²) in [4.78, 5) is 21.0. The van der Waals surface area contributed by atoms with E-state index in [1.54, 1.807) is 11.8 Å². The highest BCUT2D eigenvalue weighted by Crippen LogP contribution is 2.26. The number of imidazole rings is 1. The summed E-state index contributed by atoms with van der Waals surface area (Å²) < 4.78 is 0. The lowest BCUT2D eigenvalue weighted by atomic mass is 9.94. The van der Waals surface area contributed by atoms with Crippen LogP contribution in [-0.2, 0) is 0 Å². The van der Waals surface area contributed by atoms with Crippen molar-refractivity contribution < 1.29 is 4.79 Å². The standard InChI is InChI=1S/C11H14N6OS/c18-11(15-10-16-14-7-19-10)17-3-1-8(2-4-17)9-5-12-6-13-9/h5-8H,1-4H2,(H,12,13)(H,15,16,18). The zero-order chi connectivity index (χ0) is 13.1. The van der Waals surface area contributed by atoms with E-state index in [0.29, 0.717) is 11.0 Å². The SMILES string of the molecule is O=C(Nc1nncs1)N1CCC(c2cnc[nH]2)CC1. The number of likely N-dealkylation sites (tertiary alicyclic amines) is 1. The van der Waals surface area contributed by atoms with E-state index in [1.165, 1.54) is 11.3 Å². The Labute approximate surface area is 114 Å². The maximum absolute atomic E-state index is 12.0. The number of nitrogens with zero attached hydrogens (tertiary/aromatic N) is 4. The number of anilines is 1. The molecular formula is C11H14N6OS. The molecule has 3 heterocycles. The molecule has 7 nitrogen and oxygen atoms in total. The highest BCUT2D eigenvalue weighted by molar-refractivity contribution is 7.13. The molecule has 100 valence electrons. The molecule has 2 aromatic rings. The van der Waals surface area contributed by atoms with Gasteiger partial charge in [0.15, 0.2) is 0 Å². The molecule has 1 aliphatic rings. The summed E-state index contributed by atoms with van der Waals surface area (Å²) in [6.45, 7) is 1.49. The summed E-state index contributed by atoms with van der Waals surface area (Å²) in [6.07, 6.45) is 5.46. The van der Waals surface area contributed by atoms with Crippen LogP contribution in [-0.4, -0.2) is 44.2 Å². The van der Waals surface area contributed by atoms with Crippen molar-refractivity contribution in [3.63, 3.8) is 0 Å². The van der Waals surface area contributed by atoms with Crippen molar-refractivity contribution in [3.8, 4) is 0 Å². The number of carbonyl (C=O) groups is 1. The molecule has 0 aliphatic carbocycles. The number of nitrogens with one attached hydrogen (secondary N) is 2. The minimum Gasteiger partial charge on any atom is -0.348 e. The van der Waals surface area contributed by atoms with Crippen molar-refractivity contribution in [3.05, 3.63) is 23.7 Å². The minimum absolute atomic E-state index is 0.0974. The molecular weight excluding hydrogens is 264 g/mol. The number of carbonyl (C=O) groups excluding carboxylic acids is 1. The molecule has 3 rings (SSSR count). The molecule has 0 bridgehead atoms. The molecule has 2 aromatic heterocycles. The van der Waals surface area contributed by atoms with Gasteiger partial charge in [-0.1, -0.05) is 11.3 Å². The Morgan fingerprint density at radius 3 is 2.95 bits per heavy atom. The summed E-state index contributed by atoms with van der Waals surface area (Å²) in [6, 6.07) is -0.0974. The summed E-state index contributed by atoms with van der Waals surface area (Å²) in [7, 11) is 0. The monoisotopic (exact) mass is 278 g/mol. The fourth-order valence-corrected chi connectivity index (χ4v) is 2.72. The van der Waals surface area contributed by atoms with Crippen LogP contribution in [0.3, 0.4) is 0 Å². The first-order valence-corrected chi connectivity index (χ1v) is 7.01. The zero-order valence-electron chi connectivity index (χ0n) is 10.2. The average molecular weight is 278 g/mol. The summed E-state index contributed by atoms with van der Waals surface area (Å²) in [5.74, 6) is 0.466. The molecule has 0 unspecified atom stereocenters. The maximum Gasteiger partial charge on any atom is 0.323 e. The first-order chi connectivity index (χ1) is 9.33. The minimum atomic E-state index is -0.0974. The number of aromatic nitrogens is 4. The van der Waals surface area contributed by atoms with Gasteiger partial charge in [0.25, 0.3) is 0 Å². The molecule has 1 saturated heterocycles. The molecule has 0 radical (unpaired) electrons. The van der Waals surface area contributed by atoms with Gasteiger partial charge in [-0.3, -0.25) is 5.32 Å². The third kappa shape index (κ3) is 2.73. The molecule has 8 heteroatoms. The van der Waals surface area contributed by atoms with Gasteiger partial charge in [-0.2, -0.15) is 0 Å². The van der Waals surface area contributed by atoms with Crippen LogP contribution in [0.2, 0.25) is 0 Å². The molecule has 19 heavy (non-hydrogen) atoms. The third-order valence-electron chi connectivity index (χ3n) is 3.32. The highest BCUT2D eigenvalue weighted by Gasteiger charge is 2.24. The van der Waals surface area contributed by atoms with Gasteiger partial charge in [0.05, 0.1) is 6.33 Å². The van der Waals surface area contributed by atoms with E-state index >= 15 is 0 Å². The number of amides is 2. The van der Waals surface area contributed by atoms with Gasteiger partial charge in [0, 0.05) is 30.9 Å². The van der Waals surface area contributed by atoms with E-state index in [4.69, 9.17) is 0 Å². The fourth-order valence-electron chi connectivity index (χ4n) is 2.28. The first kappa shape index (κ1) is 12.1. The number of aromatic amines is 1. The van der Waals surface area contributed by atoms with Crippen LogP contribution < -0.4 is 5.32 Å². The highest BCUT2D eigenvalue weighted by atomic mass is 32.1. The average Bonchev–Trinajstić information content (AvgIpc) is 3.12. The molecule has 0 atom stereocenters. The quantitative estimate of drug-likeness (QED) is 0.875. The van der Waals surface area contributed by atoms with Crippen LogP contribution >= 0.6 is 11.3 Å².